The van der Waals surface area contributed by atoms with Gasteiger partial charge in [-0.15, -0.1) is 0 Å². The van der Waals surface area contributed by atoms with Crippen molar-refractivity contribution >= 4 is 73.5 Å². The van der Waals surface area contributed by atoms with Gasteiger partial charge in [0, 0.05) is 10.2 Å². The number of methoxy groups -OCH3 is 1. The fourth-order valence-corrected chi connectivity index (χ4v) is 5.57. The average molecular weight is 628 g/mol. The first-order chi connectivity index (χ1) is 18.7. The number of nitrogens with one attached hydrogen (secondary N) is 1. The summed E-state index contributed by atoms with van der Waals surface area (Å²) in [5, 5.41) is 2.88. The SMILES string of the molecule is CCOc1ccc(N2C(=O)/C(=C\c3ccc(OCC(=O)Nc4ccc(Br)c(C)c4C)c(OC)c3)SC2=S)cc1. The van der Waals surface area contributed by atoms with Crippen molar-refractivity contribution in [3.8, 4) is 17.2 Å². The summed E-state index contributed by atoms with van der Waals surface area (Å²) in [4.78, 5) is 27.7. The topological polar surface area (TPSA) is 77.1 Å². The van der Waals surface area contributed by atoms with E-state index in [4.69, 9.17) is 26.4 Å². The van der Waals surface area contributed by atoms with Crippen LogP contribution in [0.15, 0.2) is 64.0 Å². The smallest absolute Gasteiger partial charge is 0.270 e. The van der Waals surface area contributed by atoms with Crippen molar-refractivity contribution < 1.29 is 23.8 Å². The van der Waals surface area contributed by atoms with Gasteiger partial charge in [-0.05, 0) is 92.1 Å². The average Bonchev–Trinajstić information content (AvgIpc) is 3.20. The van der Waals surface area contributed by atoms with Crippen LogP contribution in [0.2, 0.25) is 0 Å². The van der Waals surface area contributed by atoms with Crippen molar-refractivity contribution in [3.63, 3.8) is 0 Å². The monoisotopic (exact) mass is 626 g/mol. The van der Waals surface area contributed by atoms with Crippen LogP contribution in [0.3, 0.4) is 0 Å². The Hall–Kier alpha value is -3.34. The van der Waals surface area contributed by atoms with E-state index in [0.29, 0.717) is 33.0 Å². The van der Waals surface area contributed by atoms with Crippen LogP contribution in [0.1, 0.15) is 23.6 Å². The molecule has 0 unspecified atom stereocenters. The molecule has 0 radical (unpaired) electrons. The molecular weight excluding hydrogens is 600 g/mol. The molecule has 0 saturated carbocycles. The van der Waals surface area contributed by atoms with Crippen molar-refractivity contribution in [1.29, 1.82) is 0 Å². The summed E-state index contributed by atoms with van der Waals surface area (Å²) in [7, 11) is 1.52. The number of hydrogen-bond acceptors (Lipinski definition) is 7. The molecule has 1 aliphatic heterocycles. The van der Waals surface area contributed by atoms with E-state index in [1.165, 1.54) is 23.8 Å². The van der Waals surface area contributed by atoms with Crippen LogP contribution < -0.4 is 24.4 Å². The first-order valence-electron chi connectivity index (χ1n) is 12.1. The van der Waals surface area contributed by atoms with Crippen molar-refractivity contribution in [2.75, 3.05) is 30.5 Å². The lowest BCUT2D eigenvalue weighted by Gasteiger charge is -2.15. The van der Waals surface area contributed by atoms with Gasteiger partial charge in [0.1, 0.15) is 5.75 Å². The van der Waals surface area contributed by atoms with Gasteiger partial charge in [-0.1, -0.05) is 46.0 Å². The van der Waals surface area contributed by atoms with Gasteiger partial charge < -0.3 is 19.5 Å². The summed E-state index contributed by atoms with van der Waals surface area (Å²) in [5.41, 5.74) is 4.18. The van der Waals surface area contributed by atoms with Gasteiger partial charge in [-0.25, -0.2) is 0 Å². The number of benzene rings is 3. The maximum absolute atomic E-state index is 13.2. The van der Waals surface area contributed by atoms with E-state index in [2.05, 4.69) is 21.2 Å². The summed E-state index contributed by atoms with van der Waals surface area (Å²) in [5.74, 6) is 1.09. The highest BCUT2D eigenvalue weighted by Gasteiger charge is 2.33. The first-order valence-corrected chi connectivity index (χ1v) is 14.1. The van der Waals surface area contributed by atoms with Crippen molar-refractivity contribution in [2.45, 2.75) is 20.8 Å². The molecule has 2 amide bonds. The standard InChI is InChI=1S/C29H27BrN2O5S2/c1-5-36-21-9-7-20(8-10-21)32-28(34)26(39-29(32)38)15-19-6-13-24(25(14-19)35-4)37-16-27(33)31-23-12-11-22(30)17(2)18(23)3/h6-15H,5,16H2,1-4H3,(H,31,33)/b26-15+. The predicted molar refractivity (Wildman–Crippen MR) is 164 cm³/mol. The second kappa shape index (κ2) is 12.7. The molecule has 1 saturated heterocycles. The molecule has 1 fully saturated rings. The fraction of sp³-hybridized carbons (Fsp3) is 0.207. The van der Waals surface area contributed by atoms with Crippen molar-refractivity contribution in [3.05, 3.63) is 80.7 Å². The number of anilines is 2. The number of carbonyl (C=O) groups excluding carboxylic acids is 2. The van der Waals surface area contributed by atoms with Crippen LogP contribution >= 0.6 is 39.9 Å². The van der Waals surface area contributed by atoms with Crippen LogP contribution in [0.25, 0.3) is 6.08 Å². The lowest BCUT2D eigenvalue weighted by molar-refractivity contribution is -0.118. The molecule has 1 aliphatic rings. The number of nitrogens with zero attached hydrogens (tertiary/aromatic N) is 1. The maximum Gasteiger partial charge on any atom is 0.270 e. The molecule has 4 rings (SSSR count). The molecule has 3 aromatic rings. The molecule has 3 aromatic carbocycles. The molecule has 1 N–H and O–H groups in total. The second-order valence-corrected chi connectivity index (χ2v) is 11.1. The molecule has 0 bridgehead atoms. The van der Waals surface area contributed by atoms with Gasteiger partial charge >= 0.3 is 0 Å². The maximum atomic E-state index is 13.2. The number of ether oxygens (including phenoxy) is 3. The Kier molecular flexibility index (Phi) is 9.32. The van der Waals surface area contributed by atoms with E-state index in [1.54, 1.807) is 24.3 Å². The van der Waals surface area contributed by atoms with Crippen LogP contribution in [-0.2, 0) is 9.59 Å². The van der Waals surface area contributed by atoms with Gasteiger partial charge in [0.25, 0.3) is 11.8 Å². The minimum atomic E-state index is -0.288. The molecular formula is C29H27BrN2O5S2. The summed E-state index contributed by atoms with van der Waals surface area (Å²) in [6.45, 7) is 6.22. The Morgan fingerprint density at radius 3 is 2.49 bits per heavy atom. The molecule has 202 valence electrons. The highest BCUT2D eigenvalue weighted by molar-refractivity contribution is 9.10. The summed E-state index contributed by atoms with van der Waals surface area (Å²) in [6, 6.07) is 16.2. The van der Waals surface area contributed by atoms with Crippen molar-refractivity contribution in [2.24, 2.45) is 0 Å². The van der Waals surface area contributed by atoms with E-state index < -0.39 is 0 Å². The van der Waals surface area contributed by atoms with Crippen molar-refractivity contribution in [1.82, 2.24) is 0 Å². The number of carbonyl (C=O) groups is 2. The Bertz CT molecular complexity index is 1460. The van der Waals surface area contributed by atoms with Crippen LogP contribution in [-0.4, -0.2) is 36.5 Å². The number of amides is 2. The number of thioether (sulfide) groups is 1. The molecule has 39 heavy (non-hydrogen) atoms. The van der Waals surface area contributed by atoms with E-state index in [-0.39, 0.29) is 18.4 Å². The third-order valence-corrected chi connectivity index (χ3v) is 8.20. The zero-order valence-corrected chi connectivity index (χ0v) is 25.1. The largest absolute Gasteiger partial charge is 0.494 e. The minimum Gasteiger partial charge on any atom is -0.494 e. The highest BCUT2D eigenvalue weighted by atomic mass is 79.9. The number of thiocarbonyl (C=S) groups is 1. The van der Waals surface area contributed by atoms with Gasteiger partial charge in [-0.3, -0.25) is 14.5 Å². The molecule has 0 aromatic heterocycles. The minimum absolute atomic E-state index is 0.189. The van der Waals surface area contributed by atoms with E-state index in [1.807, 2.05) is 57.2 Å². The highest BCUT2D eigenvalue weighted by Crippen LogP contribution is 2.37. The Labute approximate surface area is 245 Å². The Morgan fingerprint density at radius 2 is 1.79 bits per heavy atom. The summed E-state index contributed by atoms with van der Waals surface area (Å²) < 4.78 is 18.1. The zero-order chi connectivity index (χ0) is 28.1. The third-order valence-electron chi connectivity index (χ3n) is 6.04. The molecule has 7 nitrogen and oxygen atoms in total. The summed E-state index contributed by atoms with van der Waals surface area (Å²) >= 11 is 10.2. The van der Waals surface area contributed by atoms with Gasteiger partial charge in [0.2, 0.25) is 0 Å². The molecule has 1 heterocycles. The second-order valence-electron chi connectivity index (χ2n) is 8.54. The molecule has 0 atom stereocenters. The normalized spacial score (nSPS) is 14.1. The van der Waals surface area contributed by atoms with Gasteiger partial charge in [-0.2, -0.15) is 0 Å². The molecule has 0 spiro atoms. The zero-order valence-electron chi connectivity index (χ0n) is 21.9. The summed E-state index contributed by atoms with van der Waals surface area (Å²) in [6.07, 6.45) is 1.76. The van der Waals surface area contributed by atoms with Crippen LogP contribution in [0.4, 0.5) is 11.4 Å². The molecule has 10 heteroatoms. The van der Waals surface area contributed by atoms with Gasteiger partial charge in [0.15, 0.2) is 22.4 Å². The number of rotatable bonds is 9. The Balaban J connectivity index is 1.44. The van der Waals surface area contributed by atoms with E-state index in [0.717, 1.165) is 32.6 Å². The number of halogens is 1. The Morgan fingerprint density at radius 1 is 1.05 bits per heavy atom. The third kappa shape index (κ3) is 6.63. The number of hydrogen-bond donors (Lipinski definition) is 1. The van der Waals surface area contributed by atoms with E-state index in [9.17, 15) is 9.59 Å². The predicted octanol–water partition coefficient (Wildman–Crippen LogP) is 6.90. The lowest BCUT2D eigenvalue weighted by Crippen LogP contribution is -2.27. The van der Waals surface area contributed by atoms with E-state index >= 15 is 0 Å². The quantitative estimate of drug-likeness (QED) is 0.204. The molecule has 0 aliphatic carbocycles. The van der Waals surface area contributed by atoms with Crippen LogP contribution in [0, 0.1) is 13.8 Å². The fourth-order valence-electron chi connectivity index (χ4n) is 3.85. The van der Waals surface area contributed by atoms with Crippen LogP contribution in [0.5, 0.6) is 17.2 Å². The first kappa shape index (κ1) is 28.7. The lowest BCUT2D eigenvalue weighted by atomic mass is 10.1. The van der Waals surface area contributed by atoms with Gasteiger partial charge in [0.05, 0.1) is 24.3 Å².